The second kappa shape index (κ2) is 6.53. The molecular formula is C14H25NO3. The molecular weight excluding hydrogens is 230 g/mol. The Kier molecular flexibility index (Phi) is 5.01. The number of piperidine rings is 1. The van der Waals surface area contributed by atoms with Gasteiger partial charge in [0, 0.05) is 6.61 Å². The van der Waals surface area contributed by atoms with Gasteiger partial charge in [-0.15, -0.1) is 0 Å². The molecule has 0 saturated carbocycles. The van der Waals surface area contributed by atoms with Crippen molar-refractivity contribution in [2.24, 2.45) is 0 Å². The fourth-order valence-corrected chi connectivity index (χ4v) is 3.19. The van der Waals surface area contributed by atoms with Crippen LogP contribution in [-0.4, -0.2) is 49.3 Å². The first kappa shape index (κ1) is 13.8. The first-order valence-electron chi connectivity index (χ1n) is 7.25. The molecule has 0 N–H and O–H groups in total. The van der Waals surface area contributed by atoms with Crippen LogP contribution in [0.1, 0.15) is 45.4 Å². The number of likely N-dealkylation sites (tertiary alicyclic amines) is 1. The Bertz CT molecular complexity index is 268. The third-order valence-corrected chi connectivity index (χ3v) is 4.11. The van der Waals surface area contributed by atoms with Gasteiger partial charge >= 0.3 is 5.97 Å². The van der Waals surface area contributed by atoms with Crippen molar-refractivity contribution in [2.45, 2.75) is 51.0 Å². The maximum Gasteiger partial charge on any atom is 0.307 e. The summed E-state index contributed by atoms with van der Waals surface area (Å²) in [5.41, 5.74) is -0.0923. The molecule has 1 atom stereocenters. The standard InChI is InChI=1S/C14H25NO3/c1-2-18-13(16)11-14(7-6-10-17-12-14)15-8-4-3-5-9-15/h2-12H2,1H3. The highest BCUT2D eigenvalue weighted by Gasteiger charge is 2.41. The molecule has 2 heterocycles. The molecule has 2 fully saturated rings. The molecule has 2 aliphatic heterocycles. The summed E-state index contributed by atoms with van der Waals surface area (Å²) in [4.78, 5) is 14.3. The van der Waals surface area contributed by atoms with Gasteiger partial charge in [0.15, 0.2) is 0 Å². The minimum Gasteiger partial charge on any atom is -0.466 e. The zero-order valence-corrected chi connectivity index (χ0v) is 11.5. The SMILES string of the molecule is CCOC(=O)CC1(N2CCCCC2)CCCOC1. The summed E-state index contributed by atoms with van der Waals surface area (Å²) in [5.74, 6) is -0.0754. The number of hydrogen-bond acceptors (Lipinski definition) is 4. The van der Waals surface area contributed by atoms with E-state index in [2.05, 4.69) is 4.90 Å². The Morgan fingerprint density at radius 3 is 2.67 bits per heavy atom. The van der Waals surface area contributed by atoms with Gasteiger partial charge in [0.1, 0.15) is 0 Å². The van der Waals surface area contributed by atoms with Crippen molar-refractivity contribution < 1.29 is 14.3 Å². The van der Waals surface area contributed by atoms with E-state index in [1.807, 2.05) is 6.92 Å². The summed E-state index contributed by atoms with van der Waals surface area (Å²) in [7, 11) is 0. The summed E-state index contributed by atoms with van der Waals surface area (Å²) in [5, 5.41) is 0. The summed E-state index contributed by atoms with van der Waals surface area (Å²) in [6.07, 6.45) is 6.39. The van der Waals surface area contributed by atoms with E-state index in [-0.39, 0.29) is 11.5 Å². The predicted octanol–water partition coefficient (Wildman–Crippen LogP) is 1.97. The lowest BCUT2D eigenvalue weighted by Gasteiger charge is -2.47. The van der Waals surface area contributed by atoms with Gasteiger partial charge < -0.3 is 9.47 Å². The molecule has 2 saturated heterocycles. The van der Waals surface area contributed by atoms with Crippen molar-refractivity contribution in [2.75, 3.05) is 32.9 Å². The van der Waals surface area contributed by atoms with Crippen LogP contribution >= 0.6 is 0 Å². The number of carbonyl (C=O) groups is 1. The molecule has 0 bridgehead atoms. The third kappa shape index (κ3) is 3.23. The van der Waals surface area contributed by atoms with Crippen LogP contribution in [0.2, 0.25) is 0 Å². The molecule has 0 spiro atoms. The average Bonchev–Trinajstić information content (AvgIpc) is 2.41. The molecule has 0 aromatic carbocycles. The maximum absolute atomic E-state index is 11.9. The quantitative estimate of drug-likeness (QED) is 0.720. The highest BCUT2D eigenvalue weighted by molar-refractivity contribution is 5.71. The van der Waals surface area contributed by atoms with E-state index in [4.69, 9.17) is 9.47 Å². The largest absolute Gasteiger partial charge is 0.466 e. The second-order valence-corrected chi connectivity index (χ2v) is 5.41. The van der Waals surface area contributed by atoms with Crippen LogP contribution in [0.25, 0.3) is 0 Å². The molecule has 18 heavy (non-hydrogen) atoms. The Labute approximate surface area is 110 Å². The first-order chi connectivity index (χ1) is 8.77. The van der Waals surface area contributed by atoms with Crippen molar-refractivity contribution in [3.8, 4) is 0 Å². The minimum absolute atomic E-state index is 0.0754. The number of ether oxygens (including phenoxy) is 2. The third-order valence-electron chi connectivity index (χ3n) is 4.11. The number of nitrogens with zero attached hydrogens (tertiary/aromatic N) is 1. The number of hydrogen-bond donors (Lipinski definition) is 0. The van der Waals surface area contributed by atoms with Crippen LogP contribution in [0.5, 0.6) is 0 Å². The van der Waals surface area contributed by atoms with E-state index in [9.17, 15) is 4.79 Å². The molecule has 1 unspecified atom stereocenters. The molecule has 0 aliphatic carbocycles. The van der Waals surface area contributed by atoms with Crippen LogP contribution in [-0.2, 0) is 14.3 Å². The fraction of sp³-hybridized carbons (Fsp3) is 0.929. The normalized spacial score (nSPS) is 30.1. The molecule has 2 aliphatic rings. The van der Waals surface area contributed by atoms with Crippen LogP contribution in [0.4, 0.5) is 0 Å². The fourth-order valence-electron chi connectivity index (χ4n) is 3.19. The first-order valence-corrected chi connectivity index (χ1v) is 7.25. The smallest absolute Gasteiger partial charge is 0.307 e. The van der Waals surface area contributed by atoms with E-state index < -0.39 is 0 Å². The molecule has 4 nitrogen and oxygen atoms in total. The van der Waals surface area contributed by atoms with Gasteiger partial charge in [-0.05, 0) is 45.7 Å². The Morgan fingerprint density at radius 1 is 1.28 bits per heavy atom. The number of carbonyl (C=O) groups excluding carboxylic acids is 1. The topological polar surface area (TPSA) is 38.8 Å². The second-order valence-electron chi connectivity index (χ2n) is 5.41. The Morgan fingerprint density at radius 2 is 2.06 bits per heavy atom. The highest BCUT2D eigenvalue weighted by atomic mass is 16.5. The van der Waals surface area contributed by atoms with E-state index in [0.29, 0.717) is 19.6 Å². The molecule has 0 amide bonds. The van der Waals surface area contributed by atoms with Crippen molar-refractivity contribution in [1.82, 2.24) is 4.90 Å². The van der Waals surface area contributed by atoms with Crippen molar-refractivity contribution in [1.29, 1.82) is 0 Å². The Balaban J connectivity index is 2.03. The summed E-state index contributed by atoms with van der Waals surface area (Å²) in [6, 6.07) is 0. The lowest BCUT2D eigenvalue weighted by molar-refractivity contribution is -0.151. The lowest BCUT2D eigenvalue weighted by Crippen LogP contribution is -2.57. The van der Waals surface area contributed by atoms with Crippen molar-refractivity contribution >= 4 is 5.97 Å². The molecule has 0 radical (unpaired) electrons. The van der Waals surface area contributed by atoms with Crippen molar-refractivity contribution in [3.05, 3.63) is 0 Å². The monoisotopic (exact) mass is 255 g/mol. The lowest BCUT2D eigenvalue weighted by atomic mass is 9.85. The van der Waals surface area contributed by atoms with Crippen LogP contribution in [0.3, 0.4) is 0 Å². The van der Waals surface area contributed by atoms with Gasteiger partial charge in [0.05, 0.1) is 25.2 Å². The Hall–Kier alpha value is -0.610. The number of esters is 1. The molecule has 2 rings (SSSR count). The van der Waals surface area contributed by atoms with Crippen LogP contribution in [0, 0.1) is 0 Å². The van der Waals surface area contributed by atoms with Gasteiger partial charge in [0.25, 0.3) is 0 Å². The average molecular weight is 255 g/mol. The van der Waals surface area contributed by atoms with Crippen LogP contribution in [0.15, 0.2) is 0 Å². The number of rotatable bonds is 4. The van der Waals surface area contributed by atoms with Crippen molar-refractivity contribution in [3.63, 3.8) is 0 Å². The van der Waals surface area contributed by atoms with Gasteiger partial charge in [-0.2, -0.15) is 0 Å². The van der Waals surface area contributed by atoms with E-state index in [0.717, 1.165) is 32.5 Å². The summed E-state index contributed by atoms with van der Waals surface area (Å²) >= 11 is 0. The van der Waals surface area contributed by atoms with E-state index in [1.165, 1.54) is 19.3 Å². The van der Waals surface area contributed by atoms with E-state index >= 15 is 0 Å². The maximum atomic E-state index is 11.9. The van der Waals surface area contributed by atoms with Gasteiger partial charge in [0.2, 0.25) is 0 Å². The van der Waals surface area contributed by atoms with Gasteiger partial charge in [-0.25, -0.2) is 0 Å². The van der Waals surface area contributed by atoms with Crippen LogP contribution < -0.4 is 0 Å². The van der Waals surface area contributed by atoms with E-state index in [1.54, 1.807) is 0 Å². The zero-order chi connectivity index (χ0) is 12.8. The molecule has 0 aromatic heterocycles. The molecule has 104 valence electrons. The molecule has 0 aromatic rings. The summed E-state index contributed by atoms with van der Waals surface area (Å²) < 4.78 is 10.8. The van der Waals surface area contributed by atoms with Gasteiger partial charge in [-0.3, -0.25) is 9.69 Å². The minimum atomic E-state index is -0.0923. The highest BCUT2D eigenvalue weighted by Crippen LogP contribution is 2.32. The zero-order valence-electron chi connectivity index (χ0n) is 11.5. The van der Waals surface area contributed by atoms with Gasteiger partial charge in [-0.1, -0.05) is 6.42 Å². The molecule has 4 heteroatoms. The summed E-state index contributed by atoms with van der Waals surface area (Å²) in [6.45, 7) is 6.05. The predicted molar refractivity (Wildman–Crippen MR) is 69.5 cm³/mol.